The van der Waals surface area contributed by atoms with Gasteiger partial charge in [-0.2, -0.15) is 0 Å². The second-order valence-electron chi connectivity index (χ2n) is 6.29. The van der Waals surface area contributed by atoms with Crippen molar-refractivity contribution in [2.24, 2.45) is 0 Å². The lowest BCUT2D eigenvalue weighted by Crippen LogP contribution is -2.51. The zero-order valence-electron chi connectivity index (χ0n) is 15.0. The first-order valence-electron chi connectivity index (χ1n) is 8.61. The molecule has 7 nitrogen and oxygen atoms in total. The van der Waals surface area contributed by atoms with Crippen molar-refractivity contribution in [3.8, 4) is 0 Å². The lowest BCUT2D eigenvalue weighted by molar-refractivity contribution is -0.148. The maximum absolute atomic E-state index is 12.3. The summed E-state index contributed by atoms with van der Waals surface area (Å²) in [5.41, 5.74) is 2.70. The Morgan fingerprint density at radius 1 is 1.04 bits per heavy atom. The van der Waals surface area contributed by atoms with E-state index in [4.69, 9.17) is 4.74 Å². The minimum absolute atomic E-state index is 0.0870. The molecule has 1 aliphatic heterocycles. The fraction of sp³-hybridized carbons (Fsp3) is 0.250. The Hall–Kier alpha value is -3.19. The number of rotatable bonds is 4. The Morgan fingerprint density at radius 2 is 1.70 bits per heavy atom. The van der Waals surface area contributed by atoms with Crippen molar-refractivity contribution in [2.75, 3.05) is 19.0 Å². The van der Waals surface area contributed by atoms with Gasteiger partial charge in [-0.05, 0) is 29.7 Å². The molecule has 7 heteroatoms. The van der Waals surface area contributed by atoms with E-state index >= 15 is 0 Å². The Kier molecular flexibility index (Phi) is 5.83. The summed E-state index contributed by atoms with van der Waals surface area (Å²) in [6, 6.07) is 15.4. The van der Waals surface area contributed by atoms with E-state index in [1.54, 1.807) is 29.2 Å². The summed E-state index contributed by atoms with van der Waals surface area (Å²) in [4.78, 5) is 38.2. The fourth-order valence-corrected chi connectivity index (χ4v) is 3.15. The van der Waals surface area contributed by atoms with Gasteiger partial charge in [-0.3, -0.25) is 19.8 Å². The Bertz CT molecular complexity index is 838. The number of benzene rings is 2. The predicted octanol–water partition coefficient (Wildman–Crippen LogP) is 1.93. The number of carbonyl (C=O) groups excluding carboxylic acids is 3. The summed E-state index contributed by atoms with van der Waals surface area (Å²) in [6.45, 7) is 0.347. The molecule has 1 atom stereocenters. The van der Waals surface area contributed by atoms with Gasteiger partial charge in [0, 0.05) is 12.2 Å². The number of amides is 3. The molecule has 2 N–H and O–H groups in total. The van der Waals surface area contributed by atoms with Crippen molar-refractivity contribution in [1.29, 1.82) is 0 Å². The minimum Gasteiger partial charge on any atom is -0.468 e. The molecule has 0 radical (unpaired) electrons. The number of urea groups is 1. The van der Waals surface area contributed by atoms with Crippen molar-refractivity contribution in [3.05, 3.63) is 65.7 Å². The monoisotopic (exact) mass is 367 g/mol. The van der Waals surface area contributed by atoms with Gasteiger partial charge in [0.15, 0.2) is 0 Å². The van der Waals surface area contributed by atoms with Gasteiger partial charge < -0.3 is 10.1 Å². The molecule has 0 saturated heterocycles. The molecular weight excluding hydrogens is 346 g/mol. The SMILES string of the molecule is COC(=O)[C@H]1Cc2ccccc2CN1CC(=O)NC(=O)Nc1ccccc1. The van der Waals surface area contributed by atoms with E-state index in [0.717, 1.165) is 11.1 Å². The number of hydrogen-bond acceptors (Lipinski definition) is 5. The second kappa shape index (κ2) is 8.46. The Labute approximate surface area is 157 Å². The molecular formula is C20H21N3O4. The molecule has 3 rings (SSSR count). The van der Waals surface area contributed by atoms with Crippen LogP contribution >= 0.6 is 0 Å². The van der Waals surface area contributed by atoms with E-state index in [-0.39, 0.29) is 6.54 Å². The number of methoxy groups -OCH3 is 1. The van der Waals surface area contributed by atoms with E-state index in [9.17, 15) is 14.4 Å². The molecule has 0 spiro atoms. The maximum atomic E-state index is 12.3. The molecule has 0 aliphatic carbocycles. The average molecular weight is 367 g/mol. The summed E-state index contributed by atoms with van der Waals surface area (Å²) < 4.78 is 4.89. The highest BCUT2D eigenvalue weighted by molar-refractivity contribution is 6.01. The third kappa shape index (κ3) is 4.71. The van der Waals surface area contributed by atoms with Crippen LogP contribution in [0.15, 0.2) is 54.6 Å². The first kappa shape index (κ1) is 18.6. The highest BCUT2D eigenvalue weighted by Crippen LogP contribution is 2.23. The third-order valence-corrected chi connectivity index (χ3v) is 4.45. The number of imide groups is 1. The van der Waals surface area contributed by atoms with Crippen LogP contribution in [0.25, 0.3) is 0 Å². The van der Waals surface area contributed by atoms with Crippen LogP contribution in [0.5, 0.6) is 0 Å². The van der Waals surface area contributed by atoms with E-state index < -0.39 is 23.9 Å². The standard InChI is InChI=1S/C20H21N3O4/c1-27-19(25)17-11-14-7-5-6-8-15(14)12-23(17)13-18(24)22-20(26)21-16-9-3-2-4-10-16/h2-10,17H,11-13H2,1H3,(H2,21,22,24,26)/t17-/m1/s1. The number of nitrogens with zero attached hydrogens (tertiary/aromatic N) is 1. The first-order chi connectivity index (χ1) is 13.1. The van der Waals surface area contributed by atoms with Gasteiger partial charge in [0.2, 0.25) is 5.91 Å². The molecule has 27 heavy (non-hydrogen) atoms. The molecule has 1 heterocycles. The summed E-state index contributed by atoms with van der Waals surface area (Å²) in [7, 11) is 1.33. The number of nitrogens with one attached hydrogen (secondary N) is 2. The van der Waals surface area contributed by atoms with Crippen LogP contribution < -0.4 is 10.6 Å². The lowest BCUT2D eigenvalue weighted by atomic mass is 9.94. The zero-order chi connectivity index (χ0) is 19.2. The Morgan fingerprint density at radius 3 is 2.41 bits per heavy atom. The smallest absolute Gasteiger partial charge is 0.325 e. The van der Waals surface area contributed by atoms with Crippen LogP contribution in [-0.2, 0) is 27.3 Å². The maximum Gasteiger partial charge on any atom is 0.325 e. The predicted molar refractivity (Wildman–Crippen MR) is 100.0 cm³/mol. The van der Waals surface area contributed by atoms with Crippen molar-refractivity contribution in [2.45, 2.75) is 19.0 Å². The van der Waals surface area contributed by atoms with E-state index in [1.165, 1.54) is 7.11 Å². The van der Waals surface area contributed by atoms with Gasteiger partial charge in [0.05, 0.1) is 13.7 Å². The third-order valence-electron chi connectivity index (χ3n) is 4.45. The fourth-order valence-electron chi connectivity index (χ4n) is 3.15. The largest absolute Gasteiger partial charge is 0.468 e. The van der Waals surface area contributed by atoms with Crippen molar-refractivity contribution >= 4 is 23.6 Å². The minimum atomic E-state index is -0.613. The summed E-state index contributed by atoms with van der Waals surface area (Å²) in [5.74, 6) is -0.886. The number of anilines is 1. The van der Waals surface area contributed by atoms with Gasteiger partial charge in [-0.1, -0.05) is 42.5 Å². The van der Waals surface area contributed by atoms with Crippen molar-refractivity contribution < 1.29 is 19.1 Å². The van der Waals surface area contributed by atoms with Crippen LogP contribution in [0.3, 0.4) is 0 Å². The molecule has 0 bridgehead atoms. The topological polar surface area (TPSA) is 87.7 Å². The lowest BCUT2D eigenvalue weighted by Gasteiger charge is -2.34. The van der Waals surface area contributed by atoms with Crippen molar-refractivity contribution in [3.63, 3.8) is 0 Å². The van der Waals surface area contributed by atoms with E-state index in [2.05, 4.69) is 10.6 Å². The van der Waals surface area contributed by atoms with Gasteiger partial charge in [0.1, 0.15) is 6.04 Å². The van der Waals surface area contributed by atoms with Gasteiger partial charge in [0.25, 0.3) is 0 Å². The second-order valence-corrected chi connectivity index (χ2v) is 6.29. The molecule has 0 aromatic heterocycles. The van der Waals surface area contributed by atoms with Crippen LogP contribution in [0.2, 0.25) is 0 Å². The molecule has 140 valence electrons. The number of hydrogen-bond donors (Lipinski definition) is 2. The Balaban J connectivity index is 1.64. The van der Waals surface area contributed by atoms with Crippen LogP contribution in [-0.4, -0.2) is 42.5 Å². The molecule has 0 saturated carbocycles. The zero-order valence-corrected chi connectivity index (χ0v) is 15.0. The van der Waals surface area contributed by atoms with Crippen molar-refractivity contribution in [1.82, 2.24) is 10.2 Å². The highest BCUT2D eigenvalue weighted by atomic mass is 16.5. The van der Waals surface area contributed by atoms with Gasteiger partial charge in [-0.15, -0.1) is 0 Å². The highest BCUT2D eigenvalue weighted by Gasteiger charge is 2.33. The van der Waals surface area contributed by atoms with Gasteiger partial charge >= 0.3 is 12.0 Å². The van der Waals surface area contributed by atoms with Crippen LogP contribution in [0, 0.1) is 0 Å². The molecule has 0 unspecified atom stereocenters. The molecule has 2 aromatic carbocycles. The normalized spacial score (nSPS) is 16.1. The molecule has 3 amide bonds. The van der Waals surface area contributed by atoms with E-state index in [0.29, 0.717) is 18.7 Å². The molecule has 1 aliphatic rings. The average Bonchev–Trinajstić information content (AvgIpc) is 2.67. The first-order valence-corrected chi connectivity index (χ1v) is 8.61. The van der Waals surface area contributed by atoms with Crippen LogP contribution in [0.1, 0.15) is 11.1 Å². The molecule has 0 fully saturated rings. The number of fused-ring (bicyclic) bond motifs is 1. The molecule has 2 aromatic rings. The number of esters is 1. The quantitative estimate of drug-likeness (QED) is 0.807. The number of carbonyl (C=O) groups is 3. The number of para-hydroxylation sites is 1. The summed E-state index contributed by atoms with van der Waals surface area (Å²) >= 11 is 0. The summed E-state index contributed by atoms with van der Waals surface area (Å²) in [5, 5.41) is 4.88. The summed E-state index contributed by atoms with van der Waals surface area (Å²) in [6.07, 6.45) is 0.465. The number of ether oxygens (including phenoxy) is 1. The van der Waals surface area contributed by atoms with E-state index in [1.807, 2.05) is 30.3 Å². The van der Waals surface area contributed by atoms with Gasteiger partial charge in [-0.25, -0.2) is 4.79 Å². The van der Waals surface area contributed by atoms with Crippen LogP contribution in [0.4, 0.5) is 10.5 Å².